The summed E-state index contributed by atoms with van der Waals surface area (Å²) >= 11 is 0. The van der Waals surface area contributed by atoms with Gasteiger partial charge in [-0.1, -0.05) is 6.07 Å². The Labute approximate surface area is 141 Å². The summed E-state index contributed by atoms with van der Waals surface area (Å²) in [5, 5.41) is 2.94. The zero-order chi connectivity index (χ0) is 16.9. The van der Waals surface area contributed by atoms with Crippen molar-refractivity contribution in [3.05, 3.63) is 47.5 Å². The van der Waals surface area contributed by atoms with Gasteiger partial charge in [0, 0.05) is 37.4 Å². The molecule has 3 heterocycles. The highest BCUT2D eigenvalue weighted by Crippen LogP contribution is 2.13. The monoisotopic (exact) mass is 327 g/mol. The molecule has 1 saturated heterocycles. The molecule has 1 N–H and O–H groups in total. The summed E-state index contributed by atoms with van der Waals surface area (Å²) in [6.45, 7) is 6.74. The van der Waals surface area contributed by atoms with Crippen LogP contribution in [0.1, 0.15) is 34.6 Å². The number of pyridine rings is 1. The molecule has 2 aromatic rings. The van der Waals surface area contributed by atoms with Crippen molar-refractivity contribution in [1.82, 2.24) is 20.3 Å². The number of nitrogens with zero attached hydrogens (tertiary/aromatic N) is 4. The van der Waals surface area contributed by atoms with Crippen LogP contribution in [0.2, 0.25) is 0 Å². The van der Waals surface area contributed by atoms with Crippen molar-refractivity contribution in [2.24, 2.45) is 0 Å². The number of hydrogen-bond donors (Lipinski definition) is 1. The first kappa shape index (κ1) is 16.3. The van der Waals surface area contributed by atoms with Gasteiger partial charge in [-0.25, -0.2) is 9.97 Å². The summed E-state index contributed by atoms with van der Waals surface area (Å²) in [5.74, 6) is 0.433. The van der Waals surface area contributed by atoms with Crippen LogP contribution in [0.25, 0.3) is 0 Å². The smallest absolute Gasteiger partial charge is 0.254 e. The number of ether oxygens (including phenoxy) is 1. The molecule has 0 radical (unpaired) electrons. The van der Waals surface area contributed by atoms with E-state index in [0.29, 0.717) is 24.7 Å². The lowest BCUT2D eigenvalue weighted by Gasteiger charge is -2.26. The first-order valence-corrected chi connectivity index (χ1v) is 8.01. The van der Waals surface area contributed by atoms with Crippen LogP contribution < -0.4 is 10.2 Å². The zero-order valence-corrected chi connectivity index (χ0v) is 13.9. The van der Waals surface area contributed by atoms with Crippen LogP contribution in [-0.4, -0.2) is 47.2 Å². The van der Waals surface area contributed by atoms with Crippen LogP contribution in [0.4, 0.5) is 5.95 Å². The Morgan fingerprint density at radius 3 is 2.50 bits per heavy atom. The predicted molar refractivity (Wildman–Crippen MR) is 89.9 cm³/mol. The molecule has 2 aromatic heterocycles. The second-order valence-electron chi connectivity index (χ2n) is 5.80. The molecular weight excluding hydrogens is 306 g/mol. The van der Waals surface area contributed by atoms with Crippen LogP contribution in [-0.2, 0) is 4.74 Å². The van der Waals surface area contributed by atoms with Gasteiger partial charge in [0.25, 0.3) is 5.91 Å². The third-order valence-corrected chi connectivity index (χ3v) is 3.98. The summed E-state index contributed by atoms with van der Waals surface area (Å²) in [5.41, 5.74) is 2.35. The van der Waals surface area contributed by atoms with Crippen molar-refractivity contribution in [2.45, 2.75) is 19.9 Å². The van der Waals surface area contributed by atoms with Crippen LogP contribution in [0.5, 0.6) is 0 Å². The van der Waals surface area contributed by atoms with Crippen molar-refractivity contribution in [1.29, 1.82) is 0 Å². The Hall–Kier alpha value is -2.54. The van der Waals surface area contributed by atoms with Crippen molar-refractivity contribution in [3.63, 3.8) is 0 Å². The number of aromatic nitrogens is 3. The summed E-state index contributed by atoms with van der Waals surface area (Å²) in [6.07, 6.45) is 4.90. The molecule has 0 aliphatic carbocycles. The molecule has 126 valence electrons. The maximum absolute atomic E-state index is 12.3. The van der Waals surface area contributed by atoms with E-state index in [9.17, 15) is 4.79 Å². The number of rotatable bonds is 4. The molecule has 1 aliphatic heterocycles. The Kier molecular flexibility index (Phi) is 5.00. The maximum atomic E-state index is 12.3. The highest BCUT2D eigenvalue weighted by molar-refractivity contribution is 5.93. The first-order chi connectivity index (χ1) is 11.6. The van der Waals surface area contributed by atoms with Crippen molar-refractivity contribution in [3.8, 4) is 0 Å². The van der Waals surface area contributed by atoms with Gasteiger partial charge in [0.05, 0.1) is 24.8 Å². The minimum Gasteiger partial charge on any atom is -0.378 e. The molecular formula is C17H21N5O2. The number of carbonyl (C=O) groups is 1. The van der Waals surface area contributed by atoms with E-state index in [-0.39, 0.29) is 11.9 Å². The van der Waals surface area contributed by atoms with E-state index < -0.39 is 0 Å². The van der Waals surface area contributed by atoms with E-state index in [1.54, 1.807) is 18.6 Å². The predicted octanol–water partition coefficient (Wildman–Crippen LogP) is 1.51. The fourth-order valence-electron chi connectivity index (χ4n) is 2.46. The van der Waals surface area contributed by atoms with E-state index >= 15 is 0 Å². The molecule has 1 amide bonds. The SMILES string of the molecule is Cc1ccc([C@@H](C)NC(=O)c2cnc(N3CCOCC3)nc2)cn1. The van der Waals surface area contributed by atoms with Crippen LogP contribution >= 0.6 is 0 Å². The minimum atomic E-state index is -0.198. The van der Waals surface area contributed by atoms with Gasteiger partial charge >= 0.3 is 0 Å². The van der Waals surface area contributed by atoms with E-state index in [4.69, 9.17) is 4.74 Å². The fraction of sp³-hybridized carbons (Fsp3) is 0.412. The lowest BCUT2D eigenvalue weighted by atomic mass is 10.1. The minimum absolute atomic E-state index is 0.135. The van der Waals surface area contributed by atoms with E-state index in [1.165, 1.54) is 0 Å². The number of anilines is 1. The lowest BCUT2D eigenvalue weighted by molar-refractivity contribution is 0.0939. The third kappa shape index (κ3) is 3.86. The van der Waals surface area contributed by atoms with Gasteiger partial charge in [0.15, 0.2) is 0 Å². The Bertz CT molecular complexity index is 681. The fourth-order valence-corrected chi connectivity index (χ4v) is 2.46. The summed E-state index contributed by atoms with van der Waals surface area (Å²) in [4.78, 5) is 27.2. The standard InChI is InChI=1S/C17H21N5O2/c1-12-3-4-14(9-18-12)13(2)21-16(23)15-10-19-17(20-11-15)22-5-7-24-8-6-22/h3-4,9-11,13H,5-8H2,1-2H3,(H,21,23)/t13-/m1/s1. The molecule has 0 aromatic carbocycles. The second-order valence-corrected chi connectivity index (χ2v) is 5.80. The molecule has 24 heavy (non-hydrogen) atoms. The number of morpholine rings is 1. The molecule has 7 heteroatoms. The molecule has 3 rings (SSSR count). The van der Waals surface area contributed by atoms with Gasteiger partial charge < -0.3 is 15.0 Å². The van der Waals surface area contributed by atoms with Gasteiger partial charge in [0.1, 0.15) is 0 Å². The quantitative estimate of drug-likeness (QED) is 0.917. The maximum Gasteiger partial charge on any atom is 0.254 e. The normalized spacial score (nSPS) is 15.8. The number of hydrogen-bond acceptors (Lipinski definition) is 6. The van der Waals surface area contributed by atoms with Crippen LogP contribution in [0.3, 0.4) is 0 Å². The van der Waals surface area contributed by atoms with E-state index in [0.717, 1.165) is 24.3 Å². The second kappa shape index (κ2) is 7.35. The van der Waals surface area contributed by atoms with E-state index in [2.05, 4.69) is 20.3 Å². The Morgan fingerprint density at radius 2 is 1.88 bits per heavy atom. The average molecular weight is 327 g/mol. The van der Waals surface area contributed by atoms with Crippen molar-refractivity contribution >= 4 is 11.9 Å². The summed E-state index contributed by atoms with van der Waals surface area (Å²) < 4.78 is 5.31. The Balaban J connectivity index is 1.63. The molecule has 0 unspecified atom stereocenters. The van der Waals surface area contributed by atoms with Crippen LogP contribution in [0, 0.1) is 6.92 Å². The molecule has 0 spiro atoms. The largest absolute Gasteiger partial charge is 0.378 e. The summed E-state index contributed by atoms with van der Waals surface area (Å²) in [6, 6.07) is 3.76. The van der Waals surface area contributed by atoms with Crippen molar-refractivity contribution < 1.29 is 9.53 Å². The average Bonchev–Trinajstić information content (AvgIpc) is 2.63. The Morgan fingerprint density at radius 1 is 1.17 bits per heavy atom. The number of aryl methyl sites for hydroxylation is 1. The summed E-state index contributed by atoms with van der Waals surface area (Å²) in [7, 11) is 0. The highest BCUT2D eigenvalue weighted by Gasteiger charge is 2.16. The highest BCUT2D eigenvalue weighted by atomic mass is 16.5. The molecule has 1 fully saturated rings. The molecule has 0 saturated carbocycles. The number of nitrogens with one attached hydrogen (secondary N) is 1. The molecule has 1 atom stereocenters. The van der Waals surface area contributed by atoms with Gasteiger partial charge in [-0.3, -0.25) is 9.78 Å². The van der Waals surface area contributed by atoms with E-state index in [1.807, 2.05) is 30.9 Å². The molecule has 1 aliphatic rings. The third-order valence-electron chi connectivity index (χ3n) is 3.98. The number of carbonyl (C=O) groups excluding carboxylic acids is 1. The van der Waals surface area contributed by atoms with Crippen LogP contribution in [0.15, 0.2) is 30.7 Å². The first-order valence-electron chi connectivity index (χ1n) is 8.01. The van der Waals surface area contributed by atoms with Crippen molar-refractivity contribution in [2.75, 3.05) is 31.2 Å². The number of amides is 1. The topological polar surface area (TPSA) is 80.2 Å². The van der Waals surface area contributed by atoms with Gasteiger partial charge in [-0.2, -0.15) is 0 Å². The van der Waals surface area contributed by atoms with Gasteiger partial charge in [0.2, 0.25) is 5.95 Å². The molecule has 0 bridgehead atoms. The zero-order valence-electron chi connectivity index (χ0n) is 13.9. The lowest BCUT2D eigenvalue weighted by Crippen LogP contribution is -2.37. The van der Waals surface area contributed by atoms with Gasteiger partial charge in [-0.15, -0.1) is 0 Å². The van der Waals surface area contributed by atoms with Gasteiger partial charge in [-0.05, 0) is 25.5 Å². The molecule has 7 nitrogen and oxygen atoms in total.